The van der Waals surface area contributed by atoms with Crippen molar-refractivity contribution >= 4 is 37.6 Å². The molecule has 0 aliphatic heterocycles. The van der Waals surface area contributed by atoms with Gasteiger partial charge in [-0.3, -0.25) is 0 Å². The van der Waals surface area contributed by atoms with Crippen LogP contribution in [-0.4, -0.2) is 26.3 Å². The molecule has 0 radical (unpaired) electrons. The van der Waals surface area contributed by atoms with E-state index in [2.05, 4.69) is 22.5 Å². The van der Waals surface area contributed by atoms with Gasteiger partial charge < -0.3 is 0 Å². The number of rotatable bonds is 4. The number of benzene rings is 1. The highest BCUT2D eigenvalue weighted by atomic mass is 79.9. The minimum Gasteiger partial charge on any atom is -0.207 e. The molecule has 1 aromatic carbocycles. The number of nitrogens with zero attached hydrogens (tertiary/aromatic N) is 1. The molecule has 0 aromatic heterocycles. The zero-order valence-electron chi connectivity index (χ0n) is 9.57. The van der Waals surface area contributed by atoms with E-state index in [1.807, 2.05) is 0 Å². The van der Waals surface area contributed by atoms with Crippen LogP contribution in [0.2, 0.25) is 5.02 Å². The maximum atomic E-state index is 12.2. The van der Waals surface area contributed by atoms with E-state index in [-0.39, 0.29) is 4.90 Å². The smallest absolute Gasteiger partial charge is 0.207 e. The van der Waals surface area contributed by atoms with Gasteiger partial charge >= 0.3 is 0 Å². The maximum Gasteiger partial charge on any atom is 0.243 e. The third kappa shape index (κ3) is 3.55. The van der Waals surface area contributed by atoms with Crippen molar-refractivity contribution < 1.29 is 8.42 Å². The van der Waals surface area contributed by atoms with E-state index in [1.165, 1.54) is 23.5 Å². The molecule has 6 heteroatoms. The van der Waals surface area contributed by atoms with Crippen LogP contribution in [0, 0.1) is 0 Å². The van der Waals surface area contributed by atoms with Crippen molar-refractivity contribution in [1.29, 1.82) is 0 Å². The summed E-state index contributed by atoms with van der Waals surface area (Å²) in [6.45, 7) is 5.77. The third-order valence-corrected chi connectivity index (χ3v) is 5.11. The second-order valence-corrected chi connectivity index (χ2v) is 7.10. The molecule has 0 amide bonds. The van der Waals surface area contributed by atoms with Gasteiger partial charge in [-0.25, -0.2) is 8.42 Å². The minimum absolute atomic E-state index is 0.206. The summed E-state index contributed by atoms with van der Waals surface area (Å²) >= 11 is 9.03. The Labute approximate surface area is 115 Å². The molecule has 0 spiro atoms. The van der Waals surface area contributed by atoms with Crippen LogP contribution < -0.4 is 0 Å². The van der Waals surface area contributed by atoms with Gasteiger partial charge in [-0.05, 0) is 41.1 Å². The minimum atomic E-state index is -3.49. The first-order valence-corrected chi connectivity index (χ1v) is 7.42. The van der Waals surface area contributed by atoms with Gasteiger partial charge in [0.25, 0.3) is 0 Å². The maximum absolute atomic E-state index is 12.2. The molecule has 0 heterocycles. The van der Waals surface area contributed by atoms with Crippen molar-refractivity contribution in [2.24, 2.45) is 0 Å². The Balaban J connectivity index is 3.13. The predicted octanol–water partition coefficient (Wildman–Crippen LogP) is 3.30. The number of likely N-dealkylation sites (N-methyl/N-ethyl adjacent to an activating group) is 1. The van der Waals surface area contributed by atoms with Crippen molar-refractivity contribution in [3.8, 4) is 0 Å². The first kappa shape index (κ1) is 14.7. The van der Waals surface area contributed by atoms with Crippen LogP contribution in [0.5, 0.6) is 0 Å². The summed E-state index contributed by atoms with van der Waals surface area (Å²) in [6, 6.07) is 4.52. The molecule has 0 saturated heterocycles. The van der Waals surface area contributed by atoms with Crippen LogP contribution in [0.3, 0.4) is 0 Å². The molecule has 0 aliphatic carbocycles. The summed E-state index contributed by atoms with van der Waals surface area (Å²) in [7, 11) is -1.97. The molecule has 0 N–H and O–H groups in total. The van der Waals surface area contributed by atoms with E-state index < -0.39 is 10.0 Å². The summed E-state index contributed by atoms with van der Waals surface area (Å²) < 4.78 is 26.1. The Morgan fingerprint density at radius 2 is 2.12 bits per heavy atom. The van der Waals surface area contributed by atoms with Gasteiger partial charge in [-0.2, -0.15) is 4.31 Å². The second-order valence-electron chi connectivity index (χ2n) is 3.79. The largest absolute Gasteiger partial charge is 0.243 e. The van der Waals surface area contributed by atoms with Crippen molar-refractivity contribution in [1.82, 2.24) is 4.31 Å². The Morgan fingerprint density at radius 1 is 1.53 bits per heavy atom. The van der Waals surface area contributed by atoms with Crippen LogP contribution in [0.25, 0.3) is 0 Å². The first-order valence-electron chi connectivity index (χ1n) is 4.81. The zero-order chi connectivity index (χ0) is 13.2. The monoisotopic (exact) mass is 337 g/mol. The van der Waals surface area contributed by atoms with Crippen molar-refractivity contribution in [3.05, 3.63) is 39.8 Å². The lowest BCUT2D eigenvalue weighted by molar-refractivity contribution is 0.493. The van der Waals surface area contributed by atoms with E-state index in [4.69, 9.17) is 11.6 Å². The fourth-order valence-corrected chi connectivity index (χ4v) is 3.19. The normalized spacial score (nSPS) is 11.8. The fourth-order valence-electron chi connectivity index (χ4n) is 1.28. The quantitative estimate of drug-likeness (QED) is 0.790. The predicted molar refractivity (Wildman–Crippen MR) is 73.8 cm³/mol. The summed E-state index contributed by atoms with van der Waals surface area (Å²) in [4.78, 5) is 0.206. The lowest BCUT2D eigenvalue weighted by Gasteiger charge is -2.17. The molecule has 94 valence electrons. The first-order chi connectivity index (χ1) is 7.75. The SMILES string of the molecule is C=C(C)CN(C)S(=O)(=O)c1ccc(Cl)c(Br)c1. The molecule has 0 aliphatic rings. The van der Waals surface area contributed by atoms with E-state index in [1.54, 1.807) is 13.0 Å². The summed E-state index contributed by atoms with van der Waals surface area (Å²) in [5.41, 5.74) is 0.782. The molecule has 3 nitrogen and oxygen atoms in total. The average Bonchev–Trinajstić information content (AvgIpc) is 2.20. The van der Waals surface area contributed by atoms with Crippen LogP contribution in [0.15, 0.2) is 39.7 Å². The standard InChI is InChI=1S/C11H13BrClNO2S/c1-8(2)7-14(3)17(15,16)9-4-5-11(13)10(12)6-9/h4-6H,1,7H2,2-3H3. The highest BCUT2D eigenvalue weighted by Crippen LogP contribution is 2.26. The lowest BCUT2D eigenvalue weighted by atomic mass is 10.4. The van der Waals surface area contributed by atoms with E-state index in [0.717, 1.165) is 5.57 Å². The van der Waals surface area contributed by atoms with Crippen LogP contribution in [0.4, 0.5) is 0 Å². The van der Waals surface area contributed by atoms with Gasteiger partial charge in [0.2, 0.25) is 10.0 Å². The Hall–Kier alpha value is -0.360. The summed E-state index contributed by atoms with van der Waals surface area (Å²) in [6.07, 6.45) is 0. The van der Waals surface area contributed by atoms with Gasteiger partial charge in [-0.15, -0.1) is 0 Å². The van der Waals surface area contributed by atoms with Crippen LogP contribution in [0.1, 0.15) is 6.92 Å². The van der Waals surface area contributed by atoms with Crippen molar-refractivity contribution in [2.45, 2.75) is 11.8 Å². The third-order valence-electron chi connectivity index (χ3n) is 2.09. The highest BCUT2D eigenvalue weighted by Gasteiger charge is 2.21. The molecule has 0 bridgehead atoms. The molecule has 0 atom stereocenters. The molecule has 0 fully saturated rings. The molecule has 1 rings (SSSR count). The Bertz CT molecular complexity index is 542. The molecule has 0 unspecified atom stereocenters. The van der Waals surface area contributed by atoms with E-state index in [9.17, 15) is 8.42 Å². The van der Waals surface area contributed by atoms with Crippen LogP contribution >= 0.6 is 27.5 Å². The van der Waals surface area contributed by atoms with Gasteiger partial charge in [0, 0.05) is 18.1 Å². The van der Waals surface area contributed by atoms with Gasteiger partial charge in [0.15, 0.2) is 0 Å². The van der Waals surface area contributed by atoms with Gasteiger partial charge in [0.05, 0.1) is 9.92 Å². The molecular formula is C11H13BrClNO2S. The Kier molecular flexibility index (Phi) is 4.77. The molecule has 17 heavy (non-hydrogen) atoms. The van der Waals surface area contributed by atoms with Crippen molar-refractivity contribution in [3.63, 3.8) is 0 Å². The highest BCUT2D eigenvalue weighted by molar-refractivity contribution is 9.10. The van der Waals surface area contributed by atoms with E-state index >= 15 is 0 Å². The number of halogens is 2. The molecule has 0 saturated carbocycles. The Morgan fingerprint density at radius 3 is 2.59 bits per heavy atom. The zero-order valence-corrected chi connectivity index (χ0v) is 12.7. The summed E-state index contributed by atoms with van der Waals surface area (Å²) in [5.74, 6) is 0. The number of hydrogen-bond acceptors (Lipinski definition) is 2. The lowest BCUT2D eigenvalue weighted by Crippen LogP contribution is -2.28. The molecule has 1 aromatic rings. The topological polar surface area (TPSA) is 37.4 Å². The van der Waals surface area contributed by atoms with Gasteiger partial charge in [-0.1, -0.05) is 23.8 Å². The summed E-state index contributed by atoms with van der Waals surface area (Å²) in [5, 5.41) is 0.478. The fraction of sp³-hybridized carbons (Fsp3) is 0.273. The van der Waals surface area contributed by atoms with Crippen molar-refractivity contribution in [2.75, 3.05) is 13.6 Å². The number of sulfonamides is 1. The van der Waals surface area contributed by atoms with Gasteiger partial charge in [0.1, 0.15) is 0 Å². The van der Waals surface area contributed by atoms with E-state index in [0.29, 0.717) is 16.0 Å². The van der Waals surface area contributed by atoms with Crippen LogP contribution in [-0.2, 0) is 10.0 Å². The second kappa shape index (κ2) is 5.52. The average molecular weight is 339 g/mol. The molecular weight excluding hydrogens is 326 g/mol. The number of hydrogen-bond donors (Lipinski definition) is 0.